The molecule has 24 heavy (non-hydrogen) atoms. The zero-order valence-electron chi connectivity index (χ0n) is 16.8. The van der Waals surface area contributed by atoms with Gasteiger partial charge >= 0.3 is 0 Å². The van der Waals surface area contributed by atoms with Crippen molar-refractivity contribution in [1.29, 1.82) is 0 Å². The van der Waals surface area contributed by atoms with Crippen LogP contribution in [0, 0.1) is 5.92 Å². The molecule has 0 aromatic carbocycles. The van der Waals surface area contributed by atoms with Crippen LogP contribution in [-0.4, -0.2) is 4.57 Å². The lowest BCUT2D eigenvalue weighted by Gasteiger charge is -2.05. The fourth-order valence-corrected chi connectivity index (χ4v) is 3.43. The third kappa shape index (κ3) is 12.6. The number of aromatic nitrogens is 2. The number of nitrogens with zero attached hydrogens (tertiary/aromatic N) is 2. The Bertz CT molecular complexity index is 381. The Labute approximate surface area is 151 Å². The zero-order valence-corrected chi connectivity index (χ0v) is 16.8. The van der Waals surface area contributed by atoms with Crippen LogP contribution in [0.4, 0.5) is 0 Å². The monoisotopic (exact) mass is 335 g/mol. The van der Waals surface area contributed by atoms with Gasteiger partial charge in [0.25, 0.3) is 0 Å². The van der Waals surface area contributed by atoms with Crippen molar-refractivity contribution in [2.45, 2.75) is 110 Å². The predicted molar refractivity (Wildman–Crippen MR) is 105 cm³/mol. The van der Waals surface area contributed by atoms with Crippen LogP contribution in [0.2, 0.25) is 0 Å². The van der Waals surface area contributed by atoms with Gasteiger partial charge in [0.05, 0.1) is 13.6 Å². The molecule has 0 saturated carbocycles. The van der Waals surface area contributed by atoms with Crippen molar-refractivity contribution < 1.29 is 4.57 Å². The second-order valence-electron chi connectivity index (χ2n) is 8.10. The van der Waals surface area contributed by atoms with E-state index >= 15 is 0 Å². The third-order valence-corrected chi connectivity index (χ3v) is 5.02. The van der Waals surface area contributed by atoms with Gasteiger partial charge in [-0.1, -0.05) is 90.9 Å². The molecule has 0 radical (unpaired) electrons. The highest BCUT2D eigenvalue weighted by Crippen LogP contribution is 2.14. The first-order chi connectivity index (χ1) is 11.7. The van der Waals surface area contributed by atoms with E-state index in [2.05, 4.69) is 48.8 Å². The first-order valence-electron chi connectivity index (χ1n) is 10.7. The van der Waals surface area contributed by atoms with E-state index in [4.69, 9.17) is 0 Å². The Morgan fingerprint density at radius 2 is 1.17 bits per heavy atom. The summed E-state index contributed by atoms with van der Waals surface area (Å²) in [5.74, 6) is 0.891. The molecule has 0 amide bonds. The number of hydrogen-bond acceptors (Lipinski definition) is 0. The molecule has 0 unspecified atom stereocenters. The topological polar surface area (TPSA) is 8.81 Å². The fraction of sp³-hybridized carbons (Fsp3) is 0.864. The predicted octanol–water partition coefficient (Wildman–Crippen LogP) is 6.43. The molecule has 0 saturated heterocycles. The Balaban J connectivity index is 1.72. The Kier molecular flexibility index (Phi) is 12.9. The van der Waals surface area contributed by atoms with E-state index < -0.39 is 0 Å². The Hall–Kier alpha value is -0.790. The van der Waals surface area contributed by atoms with Gasteiger partial charge in [0, 0.05) is 0 Å². The maximum atomic E-state index is 2.34. The van der Waals surface area contributed by atoms with Crippen molar-refractivity contribution in [3.63, 3.8) is 0 Å². The van der Waals surface area contributed by atoms with Crippen LogP contribution in [0.15, 0.2) is 18.7 Å². The lowest BCUT2D eigenvalue weighted by Crippen LogP contribution is -2.23. The number of rotatable bonds is 16. The molecule has 1 heterocycles. The molecule has 0 spiro atoms. The van der Waals surface area contributed by atoms with Gasteiger partial charge < -0.3 is 0 Å². The van der Waals surface area contributed by atoms with Crippen LogP contribution in [0.5, 0.6) is 0 Å². The molecule has 1 aromatic heterocycles. The molecule has 0 aliphatic rings. The Morgan fingerprint density at radius 1 is 0.708 bits per heavy atom. The van der Waals surface area contributed by atoms with Crippen LogP contribution >= 0.6 is 0 Å². The number of unbranched alkanes of at least 4 members (excludes halogenated alkanes) is 12. The third-order valence-electron chi connectivity index (χ3n) is 5.02. The molecule has 0 fully saturated rings. The average Bonchev–Trinajstić information content (AvgIpc) is 2.96. The van der Waals surface area contributed by atoms with Crippen molar-refractivity contribution in [3.8, 4) is 0 Å². The van der Waals surface area contributed by atoms with Crippen LogP contribution in [0.25, 0.3) is 0 Å². The highest BCUT2D eigenvalue weighted by Gasteiger charge is 1.99. The molecule has 0 N–H and O–H groups in total. The maximum absolute atomic E-state index is 2.34. The van der Waals surface area contributed by atoms with Crippen LogP contribution in [0.3, 0.4) is 0 Å². The minimum absolute atomic E-state index is 0.891. The molecule has 0 aliphatic carbocycles. The number of aryl methyl sites for hydroxylation is 2. The minimum Gasteiger partial charge on any atom is -0.240 e. The second kappa shape index (κ2) is 14.5. The molecule has 1 rings (SSSR count). The summed E-state index contributed by atoms with van der Waals surface area (Å²) in [6, 6.07) is 0. The molecular formula is C22H43N2+. The smallest absolute Gasteiger partial charge is 0.240 e. The molecule has 0 atom stereocenters. The Morgan fingerprint density at radius 3 is 1.58 bits per heavy atom. The highest BCUT2D eigenvalue weighted by atomic mass is 15.1. The largest absolute Gasteiger partial charge is 0.243 e. The van der Waals surface area contributed by atoms with Gasteiger partial charge in [0.1, 0.15) is 12.4 Å². The fourth-order valence-electron chi connectivity index (χ4n) is 3.43. The van der Waals surface area contributed by atoms with E-state index in [1.807, 2.05) is 0 Å². The first-order valence-corrected chi connectivity index (χ1v) is 10.7. The highest BCUT2D eigenvalue weighted by molar-refractivity contribution is 4.65. The summed E-state index contributed by atoms with van der Waals surface area (Å²) in [7, 11) is 2.09. The van der Waals surface area contributed by atoms with Crippen molar-refractivity contribution in [1.82, 2.24) is 4.57 Å². The summed E-state index contributed by atoms with van der Waals surface area (Å²) in [5, 5.41) is 0. The molecule has 2 heteroatoms. The zero-order chi connectivity index (χ0) is 17.5. The van der Waals surface area contributed by atoms with Crippen LogP contribution in [0.1, 0.15) is 104 Å². The molecule has 140 valence electrons. The standard InChI is InChI=1S/C22H43N2/c1-22(2)17-15-13-11-9-7-5-4-6-8-10-12-14-16-18-24-20-19-23(3)21-24/h19-22H,4-18H2,1-3H3/q+1. The lowest BCUT2D eigenvalue weighted by atomic mass is 10.0. The number of imidazole rings is 1. The van der Waals surface area contributed by atoms with Gasteiger partial charge in [-0.15, -0.1) is 0 Å². The average molecular weight is 336 g/mol. The molecule has 1 aromatic rings. The quantitative estimate of drug-likeness (QED) is 0.243. The van der Waals surface area contributed by atoms with E-state index in [0.717, 1.165) is 5.92 Å². The van der Waals surface area contributed by atoms with Gasteiger partial charge in [-0.2, -0.15) is 0 Å². The van der Waals surface area contributed by atoms with E-state index in [1.54, 1.807) is 0 Å². The molecule has 0 aliphatic heterocycles. The van der Waals surface area contributed by atoms with Crippen LogP contribution < -0.4 is 4.57 Å². The van der Waals surface area contributed by atoms with Gasteiger partial charge in [-0.25, -0.2) is 9.13 Å². The SMILES string of the molecule is CC(C)CCCCCCCCCCCCCCCn1cc[n+](C)c1. The molecule has 0 bridgehead atoms. The van der Waals surface area contributed by atoms with Crippen molar-refractivity contribution in [2.24, 2.45) is 13.0 Å². The molecule has 2 nitrogen and oxygen atoms in total. The van der Waals surface area contributed by atoms with Crippen molar-refractivity contribution in [2.75, 3.05) is 0 Å². The van der Waals surface area contributed by atoms with Crippen LogP contribution in [-0.2, 0) is 13.6 Å². The first kappa shape index (κ1) is 21.3. The maximum Gasteiger partial charge on any atom is 0.243 e. The molecular weight excluding hydrogens is 292 g/mol. The van der Waals surface area contributed by atoms with Crippen molar-refractivity contribution >= 4 is 0 Å². The summed E-state index contributed by atoms with van der Waals surface area (Å²) in [5.41, 5.74) is 0. The van der Waals surface area contributed by atoms with E-state index in [1.165, 1.54) is 96.4 Å². The van der Waals surface area contributed by atoms with Gasteiger partial charge in [-0.05, 0) is 18.8 Å². The number of hydrogen-bond donors (Lipinski definition) is 0. The van der Waals surface area contributed by atoms with Gasteiger partial charge in [-0.3, -0.25) is 0 Å². The normalized spacial score (nSPS) is 11.5. The summed E-state index contributed by atoms with van der Waals surface area (Å²) >= 11 is 0. The summed E-state index contributed by atoms with van der Waals surface area (Å²) in [6.07, 6.45) is 26.6. The summed E-state index contributed by atoms with van der Waals surface area (Å²) in [6.45, 7) is 5.85. The van der Waals surface area contributed by atoms with Gasteiger partial charge in [0.15, 0.2) is 0 Å². The minimum atomic E-state index is 0.891. The van der Waals surface area contributed by atoms with E-state index in [9.17, 15) is 0 Å². The van der Waals surface area contributed by atoms with Crippen molar-refractivity contribution in [3.05, 3.63) is 18.7 Å². The van der Waals surface area contributed by atoms with Gasteiger partial charge in [0.2, 0.25) is 6.33 Å². The second-order valence-corrected chi connectivity index (χ2v) is 8.10. The lowest BCUT2D eigenvalue weighted by molar-refractivity contribution is -0.671. The van der Waals surface area contributed by atoms with E-state index in [0.29, 0.717) is 0 Å². The summed E-state index contributed by atoms with van der Waals surface area (Å²) in [4.78, 5) is 0. The summed E-state index contributed by atoms with van der Waals surface area (Å²) < 4.78 is 4.41. The van der Waals surface area contributed by atoms with E-state index in [-0.39, 0.29) is 0 Å².